The topological polar surface area (TPSA) is 9.23 Å². The molecule has 0 unspecified atom stereocenters. The summed E-state index contributed by atoms with van der Waals surface area (Å²) >= 11 is 1.44. The summed E-state index contributed by atoms with van der Waals surface area (Å²) in [5.41, 5.74) is 7.81. The molecule has 0 radical (unpaired) electrons. The molecule has 3 aromatic carbocycles. The number of allylic oxidation sites excluding steroid dienone is 1. The molecule has 0 saturated carbocycles. The summed E-state index contributed by atoms with van der Waals surface area (Å²) in [6.07, 6.45) is 0.344. The molecule has 0 aromatic heterocycles. The van der Waals surface area contributed by atoms with Gasteiger partial charge in [0.05, 0.1) is 6.61 Å². The lowest BCUT2D eigenvalue weighted by Crippen LogP contribution is -2.36. The van der Waals surface area contributed by atoms with Crippen molar-refractivity contribution in [1.29, 1.82) is 0 Å². The van der Waals surface area contributed by atoms with E-state index in [0.29, 0.717) is 12.4 Å². The minimum Gasteiger partial charge on any atom is -0.494 e. The molecule has 0 aliphatic heterocycles. The zero-order valence-electron chi connectivity index (χ0n) is 23.2. The Morgan fingerprint density at radius 3 is 2.10 bits per heavy atom. The van der Waals surface area contributed by atoms with E-state index < -0.39 is 18.5 Å². The lowest BCUT2D eigenvalue weighted by molar-refractivity contribution is -0.284. The van der Waals surface area contributed by atoms with E-state index in [1.165, 1.54) is 45.2 Å². The van der Waals surface area contributed by atoms with Crippen molar-refractivity contribution in [2.45, 2.75) is 69.9 Å². The zero-order valence-corrected chi connectivity index (χ0v) is 24.0. The lowest BCUT2D eigenvalue weighted by Gasteiger charge is -2.23. The molecule has 0 heterocycles. The first kappa shape index (κ1) is 31.1. The maximum absolute atomic E-state index is 12.9. The average molecular weight is 589 g/mol. The number of thioether (sulfide) groups is 1. The van der Waals surface area contributed by atoms with Crippen LogP contribution in [0.3, 0.4) is 0 Å². The smallest absolute Gasteiger partial charge is 0.453 e. The van der Waals surface area contributed by atoms with Crippen LogP contribution in [0, 0.1) is 0 Å². The van der Waals surface area contributed by atoms with E-state index >= 15 is 0 Å². The maximum atomic E-state index is 12.9. The molecule has 7 heteroatoms. The van der Waals surface area contributed by atoms with E-state index in [1.807, 2.05) is 18.2 Å². The molecule has 0 spiro atoms. The fourth-order valence-electron chi connectivity index (χ4n) is 5.21. The molecule has 4 rings (SSSR count). The van der Waals surface area contributed by atoms with Gasteiger partial charge in [-0.2, -0.15) is 33.7 Å². The zero-order chi connectivity index (χ0) is 29.1. The van der Waals surface area contributed by atoms with Gasteiger partial charge in [-0.1, -0.05) is 79.6 Å². The van der Waals surface area contributed by atoms with Crippen molar-refractivity contribution in [2.24, 2.45) is 0 Å². The standard InChI is InChI=1S/C34H37F5OS/c35-33(36,34(37,38)39)22-11-25-41-24-9-2-1-8-23-40-29-20-18-28(19-21-29)32(27-13-4-3-5-14-27)31-17-10-15-26-12-6-7-16-30(26)31/h3-7,12-14,16,18-21H,1-2,8-11,15,17,22-25H2. The Labute approximate surface area is 244 Å². The molecule has 0 saturated heterocycles. The van der Waals surface area contributed by atoms with Gasteiger partial charge in [-0.05, 0) is 95.6 Å². The summed E-state index contributed by atoms with van der Waals surface area (Å²) < 4.78 is 68.3. The summed E-state index contributed by atoms with van der Waals surface area (Å²) in [4.78, 5) is 0. The number of aryl methyl sites for hydroxylation is 1. The Balaban J connectivity index is 1.22. The van der Waals surface area contributed by atoms with E-state index in [9.17, 15) is 22.0 Å². The van der Waals surface area contributed by atoms with Gasteiger partial charge in [0.15, 0.2) is 0 Å². The second-order valence-electron chi connectivity index (χ2n) is 10.4. The molecule has 1 nitrogen and oxygen atoms in total. The number of ether oxygens (including phenoxy) is 1. The Morgan fingerprint density at radius 1 is 0.683 bits per heavy atom. The predicted octanol–water partition coefficient (Wildman–Crippen LogP) is 10.6. The first-order chi connectivity index (χ1) is 19.8. The van der Waals surface area contributed by atoms with Gasteiger partial charge in [0.2, 0.25) is 0 Å². The summed E-state index contributed by atoms with van der Waals surface area (Å²) in [5.74, 6) is -2.66. The van der Waals surface area contributed by atoms with Crippen LogP contribution < -0.4 is 4.74 Å². The van der Waals surface area contributed by atoms with Crippen molar-refractivity contribution in [2.75, 3.05) is 18.1 Å². The van der Waals surface area contributed by atoms with Gasteiger partial charge in [-0.15, -0.1) is 0 Å². The third-order valence-electron chi connectivity index (χ3n) is 7.37. The molecule has 0 fully saturated rings. The number of hydrogen-bond acceptors (Lipinski definition) is 2. The molecular weight excluding hydrogens is 551 g/mol. The molecule has 0 atom stereocenters. The van der Waals surface area contributed by atoms with E-state index in [1.54, 1.807) is 0 Å². The third-order valence-corrected chi connectivity index (χ3v) is 8.52. The van der Waals surface area contributed by atoms with Crippen LogP contribution in [0.2, 0.25) is 0 Å². The van der Waals surface area contributed by atoms with Crippen LogP contribution in [0.1, 0.15) is 73.6 Å². The largest absolute Gasteiger partial charge is 0.494 e. The highest BCUT2D eigenvalue weighted by molar-refractivity contribution is 7.99. The molecule has 1 aliphatic carbocycles. The highest BCUT2D eigenvalue weighted by Gasteiger charge is 2.56. The van der Waals surface area contributed by atoms with Gasteiger partial charge in [0.1, 0.15) is 5.75 Å². The Morgan fingerprint density at radius 2 is 1.34 bits per heavy atom. The highest BCUT2D eigenvalue weighted by Crippen LogP contribution is 2.40. The van der Waals surface area contributed by atoms with Crippen LogP contribution in [0.5, 0.6) is 5.75 Å². The van der Waals surface area contributed by atoms with E-state index in [0.717, 1.165) is 56.4 Å². The SMILES string of the molecule is FC(F)(F)C(F)(F)CCCSCCCCCCOc1ccc(C(=C2CCCc3ccccc32)c2ccccc2)cc1. The first-order valence-electron chi connectivity index (χ1n) is 14.4. The second kappa shape index (κ2) is 14.9. The van der Waals surface area contributed by atoms with Crippen LogP contribution in [0.15, 0.2) is 78.9 Å². The van der Waals surface area contributed by atoms with Gasteiger partial charge < -0.3 is 4.74 Å². The van der Waals surface area contributed by atoms with Gasteiger partial charge in [0.25, 0.3) is 0 Å². The minimum absolute atomic E-state index is 0.138. The molecule has 0 N–H and O–H groups in total. The fourth-order valence-corrected chi connectivity index (χ4v) is 6.17. The van der Waals surface area contributed by atoms with Crippen molar-refractivity contribution in [1.82, 2.24) is 0 Å². The summed E-state index contributed by atoms with van der Waals surface area (Å²) in [5, 5.41) is 0. The number of fused-ring (bicyclic) bond motifs is 1. The number of hydrogen-bond donors (Lipinski definition) is 0. The normalized spacial score (nSPS) is 15.0. The number of unbranched alkanes of at least 4 members (excludes halogenated alkanes) is 3. The molecule has 220 valence electrons. The maximum Gasteiger partial charge on any atom is 0.453 e. The number of rotatable bonds is 14. The van der Waals surface area contributed by atoms with Crippen molar-refractivity contribution in [3.8, 4) is 5.75 Å². The predicted molar refractivity (Wildman–Crippen MR) is 160 cm³/mol. The number of alkyl halides is 5. The second-order valence-corrected chi connectivity index (χ2v) is 11.7. The first-order valence-corrected chi connectivity index (χ1v) is 15.5. The Bertz CT molecular complexity index is 1250. The summed E-state index contributed by atoms with van der Waals surface area (Å²) in [6, 6.07) is 27.6. The van der Waals surface area contributed by atoms with Crippen molar-refractivity contribution >= 4 is 22.9 Å². The molecule has 41 heavy (non-hydrogen) atoms. The van der Waals surface area contributed by atoms with E-state index in [-0.39, 0.29) is 6.42 Å². The van der Waals surface area contributed by atoms with Crippen LogP contribution in [-0.4, -0.2) is 30.2 Å². The fraction of sp³-hybridized carbons (Fsp3) is 0.412. The number of benzene rings is 3. The molecule has 1 aliphatic rings. The summed E-state index contributed by atoms with van der Waals surface area (Å²) in [7, 11) is 0. The molecule has 3 aromatic rings. The van der Waals surface area contributed by atoms with Gasteiger partial charge >= 0.3 is 12.1 Å². The minimum atomic E-state index is -5.45. The number of halogens is 5. The van der Waals surface area contributed by atoms with Crippen LogP contribution in [0.25, 0.3) is 11.1 Å². The van der Waals surface area contributed by atoms with Gasteiger partial charge in [-0.25, -0.2) is 0 Å². The molecular formula is C34H37F5OS. The van der Waals surface area contributed by atoms with Crippen LogP contribution >= 0.6 is 11.8 Å². The third kappa shape index (κ3) is 8.84. The quantitative estimate of drug-likeness (QED) is 0.137. The Kier molecular flexibility index (Phi) is 11.3. The van der Waals surface area contributed by atoms with E-state index in [4.69, 9.17) is 4.74 Å². The van der Waals surface area contributed by atoms with Crippen molar-refractivity contribution in [3.63, 3.8) is 0 Å². The Hall–Kier alpha value is -2.80. The summed E-state index contributed by atoms with van der Waals surface area (Å²) in [6.45, 7) is 0.610. The van der Waals surface area contributed by atoms with Gasteiger partial charge in [0, 0.05) is 6.42 Å². The highest BCUT2D eigenvalue weighted by atomic mass is 32.2. The average Bonchev–Trinajstić information content (AvgIpc) is 2.97. The monoisotopic (exact) mass is 588 g/mol. The molecule has 0 amide bonds. The van der Waals surface area contributed by atoms with Crippen molar-refractivity contribution in [3.05, 3.63) is 101 Å². The van der Waals surface area contributed by atoms with Crippen molar-refractivity contribution < 1.29 is 26.7 Å². The molecule has 0 bridgehead atoms. The van der Waals surface area contributed by atoms with Crippen LogP contribution in [0.4, 0.5) is 22.0 Å². The van der Waals surface area contributed by atoms with Gasteiger partial charge in [-0.3, -0.25) is 0 Å². The lowest BCUT2D eigenvalue weighted by atomic mass is 9.81. The van der Waals surface area contributed by atoms with Crippen LogP contribution in [-0.2, 0) is 6.42 Å². The van der Waals surface area contributed by atoms with E-state index in [2.05, 4.69) is 60.7 Å².